The molecule has 0 aromatic carbocycles. The van der Waals surface area contributed by atoms with E-state index in [9.17, 15) is 4.79 Å². The van der Waals surface area contributed by atoms with E-state index in [1.165, 1.54) is 14.0 Å². The Morgan fingerprint density at radius 1 is 1.57 bits per heavy atom. The van der Waals surface area contributed by atoms with Crippen molar-refractivity contribution in [2.75, 3.05) is 7.11 Å². The van der Waals surface area contributed by atoms with Crippen molar-refractivity contribution in [2.24, 2.45) is 0 Å². The Morgan fingerprint density at radius 3 is 2.86 bits per heavy atom. The van der Waals surface area contributed by atoms with Gasteiger partial charge in [0.25, 0.3) is 0 Å². The van der Waals surface area contributed by atoms with Gasteiger partial charge >= 0.3 is 5.97 Å². The fourth-order valence-electron chi connectivity index (χ4n) is 0.861. The molecule has 0 atom stereocenters. The van der Waals surface area contributed by atoms with Crippen molar-refractivity contribution >= 4 is 21.9 Å². The second-order valence-corrected chi connectivity index (χ2v) is 3.43. The summed E-state index contributed by atoms with van der Waals surface area (Å²) >= 11 is 3.28. The first-order chi connectivity index (χ1) is 6.63. The summed E-state index contributed by atoms with van der Waals surface area (Å²) in [6, 6.07) is 3.56. The molecule has 76 valence electrons. The lowest BCUT2D eigenvalue weighted by Gasteiger charge is -2.05. The fourth-order valence-corrected chi connectivity index (χ4v) is 1.24. The highest BCUT2D eigenvalue weighted by molar-refractivity contribution is 9.10. The Morgan fingerprint density at radius 2 is 2.29 bits per heavy atom. The average molecular weight is 260 g/mol. The van der Waals surface area contributed by atoms with Gasteiger partial charge in [-0.15, -0.1) is 0 Å². The van der Waals surface area contributed by atoms with Crippen LogP contribution in [0.5, 0.6) is 5.88 Å². The molecule has 1 heterocycles. The molecule has 0 aliphatic rings. The highest BCUT2D eigenvalue weighted by atomic mass is 79.9. The lowest BCUT2D eigenvalue weighted by Crippen LogP contribution is -2.01. The number of carbonyl (C=O) groups is 1. The van der Waals surface area contributed by atoms with Crippen molar-refractivity contribution in [1.29, 1.82) is 0 Å². The maximum Gasteiger partial charge on any atom is 0.303 e. The second kappa shape index (κ2) is 4.95. The molecule has 0 saturated heterocycles. The average Bonchev–Trinajstić information content (AvgIpc) is 2.16. The van der Waals surface area contributed by atoms with Gasteiger partial charge in [-0.05, 0) is 28.1 Å². The van der Waals surface area contributed by atoms with Gasteiger partial charge in [0.05, 0.1) is 17.3 Å². The minimum absolute atomic E-state index is 0.166. The number of hydrogen-bond acceptors (Lipinski definition) is 4. The van der Waals surface area contributed by atoms with Crippen LogP contribution in [0.1, 0.15) is 12.6 Å². The van der Waals surface area contributed by atoms with Gasteiger partial charge in [0.1, 0.15) is 6.61 Å². The van der Waals surface area contributed by atoms with Crippen molar-refractivity contribution in [2.45, 2.75) is 13.5 Å². The second-order valence-electron chi connectivity index (χ2n) is 2.57. The molecule has 0 unspecified atom stereocenters. The van der Waals surface area contributed by atoms with E-state index < -0.39 is 0 Å². The van der Waals surface area contributed by atoms with Crippen LogP contribution >= 0.6 is 15.9 Å². The molecule has 0 radical (unpaired) electrons. The quantitative estimate of drug-likeness (QED) is 0.779. The van der Waals surface area contributed by atoms with Gasteiger partial charge in [0, 0.05) is 6.92 Å². The first kappa shape index (κ1) is 11.0. The number of hydrogen-bond donors (Lipinski definition) is 0. The summed E-state index contributed by atoms with van der Waals surface area (Å²) in [4.78, 5) is 14.7. The van der Waals surface area contributed by atoms with Crippen LogP contribution in [-0.2, 0) is 16.1 Å². The molecule has 0 spiro atoms. The zero-order valence-corrected chi connectivity index (χ0v) is 9.50. The van der Waals surface area contributed by atoms with Crippen LogP contribution in [0.25, 0.3) is 0 Å². The summed E-state index contributed by atoms with van der Waals surface area (Å²) in [6.07, 6.45) is 0. The molecule has 1 aromatic rings. The third kappa shape index (κ3) is 2.99. The minimum Gasteiger partial charge on any atom is -0.480 e. The van der Waals surface area contributed by atoms with E-state index in [4.69, 9.17) is 9.47 Å². The van der Waals surface area contributed by atoms with Crippen LogP contribution in [0, 0.1) is 0 Å². The molecule has 1 rings (SSSR count). The van der Waals surface area contributed by atoms with Gasteiger partial charge in [-0.2, -0.15) is 0 Å². The molecule has 0 N–H and O–H groups in total. The van der Waals surface area contributed by atoms with E-state index in [1.807, 2.05) is 0 Å². The maximum atomic E-state index is 10.5. The van der Waals surface area contributed by atoms with E-state index in [0.29, 0.717) is 11.6 Å². The van der Waals surface area contributed by atoms with Crippen molar-refractivity contribution in [1.82, 2.24) is 4.98 Å². The standard InChI is InChI=1S/C9H10BrNO3/c1-6(12)14-5-7-3-4-8(10)9(11-7)13-2/h3-4H,5H2,1-2H3. The van der Waals surface area contributed by atoms with Crippen molar-refractivity contribution in [3.8, 4) is 5.88 Å². The summed E-state index contributed by atoms with van der Waals surface area (Å²) in [5.41, 5.74) is 0.653. The first-order valence-corrected chi connectivity index (χ1v) is 4.75. The molecule has 5 heteroatoms. The molecule has 0 bridgehead atoms. The smallest absolute Gasteiger partial charge is 0.303 e. The van der Waals surface area contributed by atoms with Gasteiger partial charge in [0.15, 0.2) is 0 Å². The fraction of sp³-hybridized carbons (Fsp3) is 0.333. The molecular weight excluding hydrogens is 250 g/mol. The molecule has 0 aliphatic carbocycles. The van der Waals surface area contributed by atoms with Crippen molar-refractivity contribution < 1.29 is 14.3 Å². The number of carbonyl (C=O) groups excluding carboxylic acids is 1. The molecule has 14 heavy (non-hydrogen) atoms. The Labute approximate surface area is 90.4 Å². The third-order valence-electron chi connectivity index (χ3n) is 1.49. The highest BCUT2D eigenvalue weighted by Gasteiger charge is 2.04. The predicted molar refractivity (Wildman–Crippen MR) is 54.0 cm³/mol. The van der Waals surface area contributed by atoms with Crippen LogP contribution in [0.15, 0.2) is 16.6 Å². The van der Waals surface area contributed by atoms with Crippen LogP contribution in [0.2, 0.25) is 0 Å². The largest absolute Gasteiger partial charge is 0.480 e. The molecule has 1 aromatic heterocycles. The van der Waals surface area contributed by atoms with Gasteiger partial charge in [0.2, 0.25) is 5.88 Å². The highest BCUT2D eigenvalue weighted by Crippen LogP contribution is 2.22. The molecule has 0 aliphatic heterocycles. The topological polar surface area (TPSA) is 48.4 Å². The van der Waals surface area contributed by atoms with Gasteiger partial charge in [-0.1, -0.05) is 0 Å². The van der Waals surface area contributed by atoms with Gasteiger partial charge in [-0.25, -0.2) is 4.98 Å². The van der Waals surface area contributed by atoms with E-state index in [1.54, 1.807) is 12.1 Å². The Bertz CT molecular complexity index is 341. The molecule has 0 fully saturated rings. The zero-order chi connectivity index (χ0) is 10.6. The number of methoxy groups -OCH3 is 1. The van der Waals surface area contributed by atoms with Crippen LogP contribution in [0.3, 0.4) is 0 Å². The van der Waals surface area contributed by atoms with E-state index in [0.717, 1.165) is 4.47 Å². The molecular formula is C9H10BrNO3. The Balaban J connectivity index is 2.74. The van der Waals surface area contributed by atoms with Crippen LogP contribution in [-0.4, -0.2) is 18.1 Å². The van der Waals surface area contributed by atoms with Gasteiger partial charge < -0.3 is 9.47 Å². The van der Waals surface area contributed by atoms with Crippen molar-refractivity contribution in [3.05, 3.63) is 22.3 Å². The van der Waals surface area contributed by atoms with Crippen LogP contribution in [0.4, 0.5) is 0 Å². The summed E-state index contributed by atoms with van der Waals surface area (Å²) in [6.45, 7) is 1.52. The van der Waals surface area contributed by atoms with E-state index >= 15 is 0 Å². The molecule has 0 saturated carbocycles. The van der Waals surface area contributed by atoms with Crippen LogP contribution < -0.4 is 4.74 Å². The lowest BCUT2D eigenvalue weighted by molar-refractivity contribution is -0.142. The number of ether oxygens (including phenoxy) is 2. The summed E-state index contributed by atoms with van der Waals surface area (Å²) < 4.78 is 10.6. The molecule has 4 nitrogen and oxygen atoms in total. The zero-order valence-electron chi connectivity index (χ0n) is 7.91. The maximum absolute atomic E-state index is 10.5. The number of halogens is 1. The van der Waals surface area contributed by atoms with E-state index in [2.05, 4.69) is 20.9 Å². The Hall–Kier alpha value is -1.10. The number of rotatable bonds is 3. The number of aromatic nitrogens is 1. The third-order valence-corrected chi connectivity index (χ3v) is 2.09. The normalized spacial score (nSPS) is 9.64. The SMILES string of the molecule is COc1nc(COC(C)=O)ccc1Br. The number of esters is 1. The monoisotopic (exact) mass is 259 g/mol. The number of pyridine rings is 1. The predicted octanol–water partition coefficient (Wildman–Crippen LogP) is 1.92. The number of nitrogens with zero attached hydrogens (tertiary/aromatic N) is 1. The minimum atomic E-state index is -0.325. The summed E-state index contributed by atoms with van der Waals surface area (Å²) in [5, 5.41) is 0. The Kier molecular flexibility index (Phi) is 3.88. The van der Waals surface area contributed by atoms with Crippen molar-refractivity contribution in [3.63, 3.8) is 0 Å². The summed E-state index contributed by atoms with van der Waals surface area (Å²) in [5.74, 6) is 0.156. The van der Waals surface area contributed by atoms with E-state index in [-0.39, 0.29) is 12.6 Å². The first-order valence-electron chi connectivity index (χ1n) is 3.96. The van der Waals surface area contributed by atoms with Gasteiger partial charge in [-0.3, -0.25) is 4.79 Å². The summed E-state index contributed by atoms with van der Waals surface area (Å²) in [7, 11) is 1.53. The lowest BCUT2D eigenvalue weighted by atomic mass is 10.3. The molecule has 0 amide bonds.